The van der Waals surface area contributed by atoms with Crippen molar-refractivity contribution in [3.63, 3.8) is 0 Å². The van der Waals surface area contributed by atoms with Crippen LogP contribution in [-0.2, 0) is 0 Å². The largest absolute Gasteiger partial charge is 0.350 e. The van der Waals surface area contributed by atoms with Crippen LogP contribution >= 0.6 is 0 Å². The van der Waals surface area contributed by atoms with E-state index in [-0.39, 0.29) is 6.17 Å². The third kappa shape index (κ3) is 2.89. The summed E-state index contributed by atoms with van der Waals surface area (Å²) in [6.45, 7) is 2.36. The minimum Gasteiger partial charge on any atom is -0.350 e. The number of hydrogen-bond donors (Lipinski definition) is 0. The van der Waals surface area contributed by atoms with Gasteiger partial charge in [-0.3, -0.25) is 0 Å². The van der Waals surface area contributed by atoms with Gasteiger partial charge in [0.05, 0.1) is 22.7 Å². The summed E-state index contributed by atoms with van der Waals surface area (Å²) in [5, 5.41) is 0. The summed E-state index contributed by atoms with van der Waals surface area (Å²) in [6.07, 6.45) is -0.920. The number of rotatable bonds is 4. The van der Waals surface area contributed by atoms with E-state index in [0.29, 0.717) is 5.69 Å². The van der Waals surface area contributed by atoms with E-state index < -0.39 is 26.0 Å². The molecule has 4 heteroatoms. The highest BCUT2D eigenvalue weighted by molar-refractivity contribution is 5.90. The van der Waals surface area contributed by atoms with Crippen molar-refractivity contribution in [1.29, 1.82) is 0 Å². The minimum atomic E-state index is -2.85. The molecule has 0 saturated heterocycles. The van der Waals surface area contributed by atoms with E-state index in [1.54, 1.807) is 24.0 Å². The minimum absolute atomic E-state index is 0.305. The molecule has 3 aromatic rings. The highest BCUT2D eigenvalue weighted by Crippen LogP contribution is 2.49. The van der Waals surface area contributed by atoms with Gasteiger partial charge < -0.3 is 19.6 Å². The quantitative estimate of drug-likeness (QED) is 0.441. The Morgan fingerprint density at radius 2 is 1.16 bits per heavy atom. The van der Waals surface area contributed by atoms with Crippen LogP contribution < -0.4 is 19.6 Å². The molecule has 32 heavy (non-hydrogen) atoms. The number of aryl methyl sites for hydroxylation is 1. The summed E-state index contributed by atoms with van der Waals surface area (Å²) in [5.74, 6) is 0. The number of nitrogens with zero attached hydrogens (tertiary/aromatic N) is 4. The normalized spacial score (nSPS) is 24.1. The lowest BCUT2D eigenvalue weighted by atomic mass is 10.0. The van der Waals surface area contributed by atoms with Gasteiger partial charge in [0, 0.05) is 34.0 Å². The Morgan fingerprint density at radius 1 is 0.719 bits per heavy atom. The second kappa shape index (κ2) is 7.77. The Bertz CT molecular complexity index is 1420. The number of fused-ring (bicyclic) bond motifs is 2. The van der Waals surface area contributed by atoms with Crippen molar-refractivity contribution < 1.29 is 9.60 Å². The molecule has 0 N–H and O–H groups in total. The topological polar surface area (TPSA) is 13.0 Å². The molecule has 0 spiro atoms. The van der Waals surface area contributed by atoms with Gasteiger partial charge in [-0.1, -0.05) is 24.3 Å². The fourth-order valence-electron chi connectivity index (χ4n) is 5.22. The lowest BCUT2D eigenvalue weighted by Crippen LogP contribution is -2.40. The average molecular weight is 434 g/mol. The maximum Gasteiger partial charge on any atom is 0.104 e. The molecule has 0 bridgehead atoms. The SMILES string of the molecule is [2H]C([2H])(C)N1c2ccccc2N(c2cc(C)cc(N3c4ccccc4N(C([2H])([2H])C([2H])([2H])[2H])[C@H]3C)c2C)[C@H]1C. The first-order chi connectivity index (χ1) is 18.1. The van der Waals surface area contributed by atoms with Crippen LogP contribution in [0.3, 0.4) is 0 Å². The summed E-state index contributed by atoms with van der Waals surface area (Å²) in [4.78, 5) is 7.30. The van der Waals surface area contributed by atoms with E-state index in [9.17, 15) is 0 Å². The predicted octanol–water partition coefficient (Wildman–Crippen LogP) is 6.95. The molecule has 2 aliphatic heterocycles. The molecule has 5 rings (SSSR count). The summed E-state index contributed by atoms with van der Waals surface area (Å²) >= 11 is 0. The monoisotopic (exact) mass is 433 g/mol. The molecule has 4 nitrogen and oxygen atoms in total. The first-order valence-corrected chi connectivity index (χ1v) is 11.0. The van der Waals surface area contributed by atoms with Crippen LogP contribution in [0, 0.1) is 13.8 Å². The highest BCUT2D eigenvalue weighted by atomic mass is 15.4. The van der Waals surface area contributed by atoms with E-state index in [2.05, 4.69) is 11.0 Å². The van der Waals surface area contributed by atoms with Crippen LogP contribution in [0.1, 0.15) is 48.3 Å². The molecule has 166 valence electrons. The zero-order valence-electron chi connectivity index (χ0n) is 26.2. The first kappa shape index (κ1) is 14.1. The van der Waals surface area contributed by atoms with Gasteiger partial charge in [-0.2, -0.15) is 0 Å². The van der Waals surface area contributed by atoms with Gasteiger partial charge in [0.1, 0.15) is 12.3 Å². The lowest BCUT2D eigenvalue weighted by Gasteiger charge is -2.34. The van der Waals surface area contributed by atoms with Gasteiger partial charge in [0.25, 0.3) is 0 Å². The van der Waals surface area contributed by atoms with Crippen LogP contribution in [0.2, 0.25) is 0 Å². The number of hydrogen-bond acceptors (Lipinski definition) is 4. The Morgan fingerprint density at radius 3 is 1.59 bits per heavy atom. The van der Waals surface area contributed by atoms with Crippen LogP contribution in [0.5, 0.6) is 0 Å². The van der Waals surface area contributed by atoms with Crippen molar-refractivity contribution in [3.8, 4) is 0 Å². The van der Waals surface area contributed by atoms with Gasteiger partial charge >= 0.3 is 0 Å². The first-order valence-electron chi connectivity index (χ1n) is 14.5. The molecule has 2 heterocycles. The van der Waals surface area contributed by atoms with Crippen molar-refractivity contribution in [2.45, 2.75) is 53.8 Å². The van der Waals surface area contributed by atoms with Gasteiger partial charge in [-0.15, -0.1) is 0 Å². The van der Waals surface area contributed by atoms with E-state index in [0.717, 1.165) is 39.6 Å². The Labute approximate surface area is 202 Å². The van der Waals surface area contributed by atoms with E-state index in [1.165, 1.54) is 4.90 Å². The van der Waals surface area contributed by atoms with Crippen molar-refractivity contribution in [1.82, 2.24) is 0 Å². The van der Waals surface area contributed by atoms with Crippen LogP contribution in [-0.4, -0.2) is 25.3 Å². The molecule has 0 unspecified atom stereocenters. The maximum atomic E-state index is 8.61. The lowest BCUT2D eigenvalue weighted by molar-refractivity contribution is 0.685. The maximum absolute atomic E-state index is 8.61. The summed E-state index contributed by atoms with van der Waals surface area (Å²) in [5.41, 5.74) is 6.66. The summed E-state index contributed by atoms with van der Waals surface area (Å²) in [7, 11) is 0. The summed E-state index contributed by atoms with van der Waals surface area (Å²) < 4.78 is 58.1. The standard InChI is InChI=1S/C28H34N4/c1-7-29-21(5)31(25-15-11-9-13-23(25)29)27-17-19(3)18-28(20(27)4)32-22(6)30(8-2)24-14-10-12-16-26(24)32/h9-18,21-22H,7-8H2,1-6H3/t21-,22+/i1D3,7D2,8D2/m1/s1. The van der Waals surface area contributed by atoms with Gasteiger partial charge in [0.2, 0.25) is 0 Å². The van der Waals surface area contributed by atoms with Crippen molar-refractivity contribution >= 4 is 34.1 Å². The molecule has 0 saturated carbocycles. The fraction of sp³-hybridized carbons (Fsp3) is 0.357. The van der Waals surface area contributed by atoms with Crippen LogP contribution in [0.4, 0.5) is 34.1 Å². The van der Waals surface area contributed by atoms with Gasteiger partial charge in [-0.05, 0) is 89.0 Å². The molecule has 0 fully saturated rings. The third-order valence-electron chi connectivity index (χ3n) is 6.67. The van der Waals surface area contributed by atoms with Gasteiger partial charge in [-0.25, -0.2) is 0 Å². The zero-order chi connectivity index (χ0) is 28.7. The molecule has 2 aliphatic rings. The molecule has 3 aromatic carbocycles. The summed E-state index contributed by atoms with van der Waals surface area (Å²) in [6, 6.07) is 19.3. The van der Waals surface area contributed by atoms with Crippen molar-refractivity contribution in [3.05, 3.63) is 71.8 Å². The molecule has 0 aromatic heterocycles. The smallest absolute Gasteiger partial charge is 0.104 e. The van der Waals surface area contributed by atoms with E-state index in [4.69, 9.17) is 9.60 Å². The van der Waals surface area contributed by atoms with E-state index in [1.807, 2.05) is 75.1 Å². The molecule has 0 radical (unpaired) electrons. The highest BCUT2D eigenvalue weighted by Gasteiger charge is 2.37. The molecular weight excluding hydrogens is 392 g/mol. The van der Waals surface area contributed by atoms with Crippen LogP contribution in [0.25, 0.3) is 0 Å². The molecule has 2 atom stereocenters. The van der Waals surface area contributed by atoms with Gasteiger partial charge in [0.15, 0.2) is 0 Å². The number of para-hydroxylation sites is 4. The third-order valence-corrected chi connectivity index (χ3v) is 6.67. The Balaban J connectivity index is 1.68. The van der Waals surface area contributed by atoms with E-state index >= 15 is 0 Å². The Kier molecular flexibility index (Phi) is 3.42. The van der Waals surface area contributed by atoms with Crippen molar-refractivity contribution in [2.24, 2.45) is 0 Å². The second-order valence-electron chi connectivity index (χ2n) is 8.48. The number of benzene rings is 3. The molecule has 0 aliphatic carbocycles. The molecule has 0 amide bonds. The fourth-order valence-corrected chi connectivity index (χ4v) is 5.22. The molecular formula is C28H34N4. The predicted molar refractivity (Wildman–Crippen MR) is 138 cm³/mol. The number of anilines is 6. The average Bonchev–Trinajstić information content (AvgIpc) is 3.29. The van der Waals surface area contributed by atoms with Crippen LogP contribution in [0.15, 0.2) is 60.7 Å². The Hall–Kier alpha value is -3.14. The second-order valence-corrected chi connectivity index (χ2v) is 8.48. The van der Waals surface area contributed by atoms with Crippen molar-refractivity contribution in [2.75, 3.05) is 32.6 Å². The zero-order valence-corrected chi connectivity index (χ0v) is 19.2.